The van der Waals surface area contributed by atoms with Crippen LogP contribution in [-0.2, 0) is 9.53 Å². The number of carbonyl (C=O) groups is 1. The maximum Gasteiger partial charge on any atom is 0.313 e. The molecule has 1 aliphatic heterocycles. The molecule has 1 heterocycles. The Balaban J connectivity index is 2.00. The lowest BCUT2D eigenvalue weighted by Gasteiger charge is -2.32. The number of nitrogens with one attached hydrogen (secondary N) is 1. The van der Waals surface area contributed by atoms with Gasteiger partial charge in [0.2, 0.25) is 0 Å². The van der Waals surface area contributed by atoms with E-state index < -0.39 is 0 Å². The van der Waals surface area contributed by atoms with Gasteiger partial charge in [-0.2, -0.15) is 0 Å². The molecule has 0 amide bonds. The predicted octanol–water partition coefficient (Wildman–Crippen LogP) is 0.267. The highest BCUT2D eigenvalue weighted by Crippen LogP contribution is 2.51. The average molecular weight is 212 g/mol. The highest BCUT2D eigenvalue weighted by molar-refractivity contribution is 5.80. The first-order chi connectivity index (χ1) is 7.20. The largest absolute Gasteiger partial charge is 0.469 e. The van der Waals surface area contributed by atoms with Crippen LogP contribution in [0.5, 0.6) is 0 Å². The van der Waals surface area contributed by atoms with E-state index in [1.165, 1.54) is 7.11 Å². The van der Waals surface area contributed by atoms with Crippen molar-refractivity contribution in [1.29, 1.82) is 0 Å². The Labute approximate surface area is 90.5 Å². The first-order valence-corrected chi connectivity index (χ1v) is 5.75. The molecule has 86 valence electrons. The molecule has 2 fully saturated rings. The van der Waals surface area contributed by atoms with E-state index in [0.717, 1.165) is 38.8 Å². The minimum absolute atomic E-state index is 0.0299. The van der Waals surface area contributed by atoms with Gasteiger partial charge in [-0.25, -0.2) is 0 Å². The molecule has 4 nitrogen and oxygen atoms in total. The van der Waals surface area contributed by atoms with Crippen LogP contribution in [0.1, 0.15) is 25.7 Å². The Morgan fingerprint density at radius 3 is 2.80 bits per heavy atom. The van der Waals surface area contributed by atoms with E-state index in [2.05, 4.69) is 5.32 Å². The molecular weight excluding hydrogens is 192 g/mol. The van der Waals surface area contributed by atoms with Crippen molar-refractivity contribution in [3.05, 3.63) is 0 Å². The molecule has 1 aliphatic carbocycles. The number of ether oxygens (including phenoxy) is 1. The van der Waals surface area contributed by atoms with Gasteiger partial charge in [-0.05, 0) is 44.7 Å². The summed E-state index contributed by atoms with van der Waals surface area (Å²) in [6.45, 7) is 2.02. The van der Waals surface area contributed by atoms with Gasteiger partial charge in [-0.3, -0.25) is 4.79 Å². The molecule has 0 aromatic rings. The standard InChI is InChI=1S/C11H20N2O2/c1-15-10(14)11(4-5-11)9(12)8-3-2-6-13-7-8/h8-9,13H,2-7,12H2,1H3. The minimum atomic E-state index is -0.349. The number of esters is 1. The molecule has 15 heavy (non-hydrogen) atoms. The van der Waals surface area contributed by atoms with Gasteiger partial charge in [0.15, 0.2) is 0 Å². The summed E-state index contributed by atoms with van der Waals surface area (Å²) in [7, 11) is 1.45. The molecule has 2 atom stereocenters. The first kappa shape index (κ1) is 10.9. The topological polar surface area (TPSA) is 64.3 Å². The lowest BCUT2D eigenvalue weighted by molar-refractivity contribution is -0.148. The van der Waals surface area contributed by atoms with Crippen molar-refractivity contribution < 1.29 is 9.53 Å². The van der Waals surface area contributed by atoms with Crippen LogP contribution in [0.4, 0.5) is 0 Å². The number of piperidine rings is 1. The maximum atomic E-state index is 11.7. The molecule has 2 aliphatic rings. The average Bonchev–Trinajstić information content (AvgIpc) is 3.09. The Kier molecular flexibility index (Phi) is 2.98. The van der Waals surface area contributed by atoms with Gasteiger partial charge in [0.25, 0.3) is 0 Å². The molecule has 0 spiro atoms. The van der Waals surface area contributed by atoms with Crippen molar-refractivity contribution >= 4 is 5.97 Å². The minimum Gasteiger partial charge on any atom is -0.469 e. The van der Waals surface area contributed by atoms with E-state index >= 15 is 0 Å². The third kappa shape index (κ3) is 1.88. The van der Waals surface area contributed by atoms with Crippen LogP contribution in [0.25, 0.3) is 0 Å². The summed E-state index contributed by atoms with van der Waals surface area (Å²) >= 11 is 0. The number of nitrogens with two attached hydrogens (primary N) is 1. The quantitative estimate of drug-likeness (QED) is 0.659. The van der Waals surface area contributed by atoms with Crippen LogP contribution in [0.15, 0.2) is 0 Å². The van der Waals surface area contributed by atoms with Gasteiger partial charge >= 0.3 is 5.97 Å². The molecule has 4 heteroatoms. The molecule has 0 bridgehead atoms. The number of hydrogen-bond donors (Lipinski definition) is 2. The van der Waals surface area contributed by atoms with E-state index in [4.69, 9.17) is 10.5 Å². The van der Waals surface area contributed by atoms with Crippen LogP contribution >= 0.6 is 0 Å². The van der Waals surface area contributed by atoms with Crippen molar-refractivity contribution in [2.24, 2.45) is 17.1 Å². The predicted molar refractivity (Wildman–Crippen MR) is 57.3 cm³/mol. The maximum absolute atomic E-state index is 11.7. The fourth-order valence-corrected chi connectivity index (χ4v) is 2.65. The van der Waals surface area contributed by atoms with Gasteiger partial charge < -0.3 is 15.8 Å². The lowest BCUT2D eigenvalue weighted by atomic mass is 9.82. The van der Waals surface area contributed by atoms with Crippen LogP contribution in [0.2, 0.25) is 0 Å². The summed E-state index contributed by atoms with van der Waals surface area (Å²) in [6, 6.07) is -0.0299. The smallest absolute Gasteiger partial charge is 0.313 e. The Morgan fingerprint density at radius 1 is 1.60 bits per heavy atom. The number of carbonyl (C=O) groups excluding carboxylic acids is 1. The second-order valence-corrected chi connectivity index (χ2v) is 4.78. The molecular formula is C11H20N2O2. The monoisotopic (exact) mass is 212 g/mol. The molecule has 2 unspecified atom stereocenters. The second kappa shape index (κ2) is 4.10. The summed E-state index contributed by atoms with van der Waals surface area (Å²) < 4.78 is 4.85. The third-order valence-electron chi connectivity index (χ3n) is 3.86. The SMILES string of the molecule is COC(=O)C1(C(N)C2CCCNC2)CC1. The third-order valence-corrected chi connectivity index (χ3v) is 3.86. The van der Waals surface area contributed by atoms with Crippen LogP contribution < -0.4 is 11.1 Å². The summed E-state index contributed by atoms with van der Waals surface area (Å²) in [5, 5.41) is 3.34. The van der Waals surface area contributed by atoms with Crippen LogP contribution in [-0.4, -0.2) is 32.2 Å². The van der Waals surface area contributed by atoms with Gasteiger partial charge in [0, 0.05) is 6.04 Å². The van der Waals surface area contributed by atoms with E-state index in [0.29, 0.717) is 5.92 Å². The zero-order valence-corrected chi connectivity index (χ0v) is 9.29. The number of hydrogen-bond acceptors (Lipinski definition) is 4. The first-order valence-electron chi connectivity index (χ1n) is 5.75. The number of methoxy groups -OCH3 is 1. The van der Waals surface area contributed by atoms with Gasteiger partial charge in [0.05, 0.1) is 12.5 Å². The summed E-state index contributed by atoms with van der Waals surface area (Å²) in [6.07, 6.45) is 4.09. The second-order valence-electron chi connectivity index (χ2n) is 4.78. The zero-order valence-electron chi connectivity index (χ0n) is 9.29. The summed E-state index contributed by atoms with van der Waals surface area (Å²) in [5.74, 6) is 0.320. The molecule has 1 saturated heterocycles. The molecule has 1 saturated carbocycles. The van der Waals surface area contributed by atoms with Gasteiger partial charge in [0.1, 0.15) is 0 Å². The molecule has 0 aromatic heterocycles. The molecule has 0 aromatic carbocycles. The fourth-order valence-electron chi connectivity index (χ4n) is 2.65. The molecule has 0 radical (unpaired) electrons. The fraction of sp³-hybridized carbons (Fsp3) is 0.909. The zero-order chi connectivity index (χ0) is 10.9. The van der Waals surface area contributed by atoms with E-state index in [1.54, 1.807) is 0 Å². The highest BCUT2D eigenvalue weighted by atomic mass is 16.5. The summed E-state index contributed by atoms with van der Waals surface area (Å²) in [4.78, 5) is 11.7. The van der Waals surface area contributed by atoms with Crippen molar-refractivity contribution in [1.82, 2.24) is 5.32 Å². The Hall–Kier alpha value is -0.610. The highest BCUT2D eigenvalue weighted by Gasteiger charge is 2.57. The van der Waals surface area contributed by atoms with Crippen molar-refractivity contribution in [3.8, 4) is 0 Å². The van der Waals surface area contributed by atoms with Gasteiger partial charge in [-0.1, -0.05) is 0 Å². The van der Waals surface area contributed by atoms with Gasteiger partial charge in [-0.15, -0.1) is 0 Å². The number of rotatable bonds is 3. The van der Waals surface area contributed by atoms with Crippen molar-refractivity contribution in [2.75, 3.05) is 20.2 Å². The van der Waals surface area contributed by atoms with E-state index in [-0.39, 0.29) is 17.4 Å². The Bertz CT molecular complexity index is 245. The van der Waals surface area contributed by atoms with E-state index in [9.17, 15) is 4.79 Å². The lowest BCUT2D eigenvalue weighted by Crippen LogP contribution is -2.49. The Morgan fingerprint density at radius 2 is 2.33 bits per heavy atom. The molecule has 3 N–H and O–H groups in total. The summed E-state index contributed by atoms with van der Waals surface area (Å²) in [5.41, 5.74) is 5.88. The van der Waals surface area contributed by atoms with Crippen molar-refractivity contribution in [3.63, 3.8) is 0 Å². The normalized spacial score (nSPS) is 30.7. The van der Waals surface area contributed by atoms with Crippen molar-refractivity contribution in [2.45, 2.75) is 31.7 Å². The van der Waals surface area contributed by atoms with E-state index in [1.807, 2.05) is 0 Å². The molecule has 2 rings (SSSR count). The van der Waals surface area contributed by atoms with Crippen LogP contribution in [0.3, 0.4) is 0 Å². The van der Waals surface area contributed by atoms with Crippen LogP contribution in [0, 0.1) is 11.3 Å².